The number of rotatable bonds is 6. The Labute approximate surface area is 124 Å². The maximum Gasteiger partial charge on any atom is 0.175 e. The van der Waals surface area contributed by atoms with E-state index in [9.17, 15) is 8.42 Å². The molecule has 6 heteroatoms. The molecule has 0 radical (unpaired) electrons. The quantitative estimate of drug-likeness (QED) is 0.881. The minimum absolute atomic E-state index is 0.281. The molecule has 5 nitrogen and oxygen atoms in total. The highest BCUT2D eigenvalue weighted by Crippen LogP contribution is 2.16. The first-order valence-corrected chi connectivity index (χ1v) is 8.40. The van der Waals surface area contributed by atoms with E-state index in [-0.39, 0.29) is 4.90 Å². The molecule has 2 rings (SSSR count). The van der Waals surface area contributed by atoms with Gasteiger partial charge in [-0.15, -0.1) is 0 Å². The number of aromatic nitrogens is 1. The number of sulfone groups is 1. The molecule has 21 heavy (non-hydrogen) atoms. The van der Waals surface area contributed by atoms with Gasteiger partial charge in [-0.05, 0) is 43.4 Å². The highest BCUT2D eigenvalue weighted by Gasteiger charge is 2.06. The predicted octanol–water partition coefficient (Wildman–Crippen LogP) is 1.78. The van der Waals surface area contributed by atoms with E-state index < -0.39 is 9.84 Å². The summed E-state index contributed by atoms with van der Waals surface area (Å²) in [5, 5.41) is 3.05. The molecular weight excluding hydrogens is 288 g/mol. The second-order valence-electron chi connectivity index (χ2n) is 4.68. The molecule has 0 bridgehead atoms. The topological polar surface area (TPSA) is 68.3 Å². The van der Waals surface area contributed by atoms with E-state index in [4.69, 9.17) is 4.74 Å². The van der Waals surface area contributed by atoms with Gasteiger partial charge in [0.05, 0.1) is 16.3 Å². The Morgan fingerprint density at radius 2 is 1.76 bits per heavy atom. The lowest BCUT2D eigenvalue weighted by Gasteiger charge is -2.08. The third-order valence-corrected chi connectivity index (χ3v) is 3.99. The van der Waals surface area contributed by atoms with Gasteiger partial charge in [-0.2, -0.15) is 0 Å². The van der Waals surface area contributed by atoms with Crippen molar-refractivity contribution in [3.63, 3.8) is 0 Å². The summed E-state index contributed by atoms with van der Waals surface area (Å²) in [4.78, 5) is 4.73. The van der Waals surface area contributed by atoms with Crippen molar-refractivity contribution in [3.8, 4) is 5.75 Å². The van der Waals surface area contributed by atoms with Crippen LogP contribution in [0.4, 0.5) is 0 Å². The third-order valence-electron chi connectivity index (χ3n) is 2.86. The largest absolute Gasteiger partial charge is 0.487 e. The van der Waals surface area contributed by atoms with Crippen molar-refractivity contribution in [2.45, 2.75) is 18.0 Å². The molecule has 0 saturated carbocycles. The molecule has 0 spiro atoms. The summed E-state index contributed by atoms with van der Waals surface area (Å²) < 4.78 is 28.3. The third kappa shape index (κ3) is 4.54. The minimum atomic E-state index is -3.17. The van der Waals surface area contributed by atoms with E-state index >= 15 is 0 Å². The van der Waals surface area contributed by atoms with Crippen molar-refractivity contribution in [3.05, 3.63) is 53.9 Å². The molecule has 1 heterocycles. The van der Waals surface area contributed by atoms with E-state index in [1.807, 2.05) is 25.2 Å². The Bertz CT molecular complexity index is 697. The summed E-state index contributed by atoms with van der Waals surface area (Å²) in [6, 6.07) is 12.1. The summed E-state index contributed by atoms with van der Waals surface area (Å²) in [5.41, 5.74) is 1.78. The second-order valence-corrected chi connectivity index (χ2v) is 6.70. The van der Waals surface area contributed by atoms with Gasteiger partial charge in [-0.3, -0.25) is 4.98 Å². The van der Waals surface area contributed by atoms with Crippen LogP contribution in [0.5, 0.6) is 5.75 Å². The lowest BCUT2D eigenvalue weighted by atomic mass is 10.3. The van der Waals surface area contributed by atoms with E-state index in [1.165, 1.54) is 18.4 Å². The highest BCUT2D eigenvalue weighted by atomic mass is 32.2. The fourth-order valence-corrected chi connectivity index (χ4v) is 2.46. The molecule has 0 aliphatic heterocycles. The molecule has 0 aliphatic carbocycles. The van der Waals surface area contributed by atoms with Gasteiger partial charge in [-0.1, -0.05) is 6.07 Å². The van der Waals surface area contributed by atoms with Crippen LogP contribution < -0.4 is 10.1 Å². The van der Waals surface area contributed by atoms with Crippen molar-refractivity contribution in [1.29, 1.82) is 0 Å². The number of benzene rings is 1. The van der Waals surface area contributed by atoms with E-state index in [2.05, 4.69) is 10.3 Å². The monoisotopic (exact) mass is 306 g/mol. The smallest absolute Gasteiger partial charge is 0.175 e. The average molecular weight is 306 g/mol. The van der Waals surface area contributed by atoms with Gasteiger partial charge in [0, 0.05) is 12.8 Å². The van der Waals surface area contributed by atoms with Crippen LogP contribution in [-0.2, 0) is 23.0 Å². The molecule has 0 unspecified atom stereocenters. The first kappa shape index (κ1) is 15.5. The van der Waals surface area contributed by atoms with Gasteiger partial charge in [0.15, 0.2) is 9.84 Å². The zero-order valence-electron chi connectivity index (χ0n) is 12.0. The zero-order valence-corrected chi connectivity index (χ0v) is 12.9. The van der Waals surface area contributed by atoms with Crippen molar-refractivity contribution in [2.75, 3.05) is 13.3 Å². The number of ether oxygens (including phenoxy) is 1. The summed E-state index contributed by atoms with van der Waals surface area (Å²) in [6.45, 7) is 1.05. The summed E-state index contributed by atoms with van der Waals surface area (Å²) in [6.07, 6.45) is 1.18. The first-order chi connectivity index (χ1) is 9.99. The Morgan fingerprint density at radius 3 is 2.38 bits per heavy atom. The van der Waals surface area contributed by atoms with Crippen LogP contribution in [0, 0.1) is 0 Å². The Kier molecular flexibility index (Phi) is 4.93. The first-order valence-electron chi connectivity index (χ1n) is 6.51. The fourth-order valence-electron chi connectivity index (χ4n) is 1.83. The van der Waals surface area contributed by atoms with Crippen molar-refractivity contribution in [2.24, 2.45) is 0 Å². The molecule has 0 saturated heterocycles. The molecule has 1 aromatic heterocycles. The summed E-state index contributed by atoms with van der Waals surface area (Å²) in [5.74, 6) is 0.614. The van der Waals surface area contributed by atoms with Crippen molar-refractivity contribution >= 4 is 9.84 Å². The molecule has 0 aliphatic rings. The SMILES string of the molecule is CNCc1cccc(COc2ccc(S(C)(=O)=O)cc2)n1. The predicted molar refractivity (Wildman–Crippen MR) is 80.9 cm³/mol. The number of nitrogens with zero attached hydrogens (tertiary/aromatic N) is 1. The molecule has 0 fully saturated rings. The van der Waals surface area contributed by atoms with Crippen LogP contribution in [0.1, 0.15) is 11.4 Å². The Hall–Kier alpha value is -1.92. The minimum Gasteiger partial charge on any atom is -0.487 e. The van der Waals surface area contributed by atoms with E-state index in [0.717, 1.165) is 11.4 Å². The number of nitrogens with one attached hydrogen (secondary N) is 1. The number of hydrogen-bond acceptors (Lipinski definition) is 5. The Morgan fingerprint density at radius 1 is 1.10 bits per heavy atom. The second kappa shape index (κ2) is 6.69. The molecular formula is C15H18N2O3S. The van der Waals surface area contributed by atoms with Crippen molar-refractivity contribution < 1.29 is 13.2 Å². The highest BCUT2D eigenvalue weighted by molar-refractivity contribution is 7.90. The van der Waals surface area contributed by atoms with E-state index in [0.29, 0.717) is 18.9 Å². The van der Waals surface area contributed by atoms with Crippen LogP contribution in [-0.4, -0.2) is 26.7 Å². The number of hydrogen-bond donors (Lipinski definition) is 1. The van der Waals surface area contributed by atoms with Crippen LogP contribution in [0.15, 0.2) is 47.4 Å². The lowest BCUT2D eigenvalue weighted by Crippen LogP contribution is -2.08. The Balaban J connectivity index is 2.01. The van der Waals surface area contributed by atoms with Gasteiger partial charge < -0.3 is 10.1 Å². The normalized spacial score (nSPS) is 11.3. The fraction of sp³-hybridized carbons (Fsp3) is 0.267. The maximum atomic E-state index is 11.4. The molecule has 0 amide bonds. The van der Waals surface area contributed by atoms with E-state index in [1.54, 1.807) is 12.1 Å². The van der Waals surface area contributed by atoms with Crippen LogP contribution in [0.2, 0.25) is 0 Å². The number of pyridine rings is 1. The standard InChI is InChI=1S/C15H18N2O3S/c1-16-10-12-4-3-5-13(17-12)11-20-14-6-8-15(9-7-14)21(2,18)19/h3-9,16H,10-11H2,1-2H3. The van der Waals surface area contributed by atoms with Gasteiger partial charge >= 0.3 is 0 Å². The maximum absolute atomic E-state index is 11.4. The molecule has 0 atom stereocenters. The summed E-state index contributed by atoms with van der Waals surface area (Å²) in [7, 11) is -1.30. The van der Waals surface area contributed by atoms with Gasteiger partial charge in [0.25, 0.3) is 0 Å². The van der Waals surface area contributed by atoms with Crippen LogP contribution in [0.3, 0.4) is 0 Å². The molecule has 1 aromatic carbocycles. The molecule has 112 valence electrons. The molecule has 2 aromatic rings. The lowest BCUT2D eigenvalue weighted by molar-refractivity contribution is 0.300. The van der Waals surface area contributed by atoms with Crippen molar-refractivity contribution in [1.82, 2.24) is 10.3 Å². The van der Waals surface area contributed by atoms with Gasteiger partial charge in [-0.25, -0.2) is 8.42 Å². The summed E-state index contributed by atoms with van der Waals surface area (Å²) >= 11 is 0. The average Bonchev–Trinajstić information content (AvgIpc) is 2.45. The van der Waals surface area contributed by atoms with Gasteiger partial charge in [0.1, 0.15) is 12.4 Å². The zero-order chi connectivity index (χ0) is 15.3. The van der Waals surface area contributed by atoms with Crippen LogP contribution >= 0.6 is 0 Å². The van der Waals surface area contributed by atoms with Gasteiger partial charge in [0.2, 0.25) is 0 Å². The molecule has 1 N–H and O–H groups in total. The van der Waals surface area contributed by atoms with Crippen LogP contribution in [0.25, 0.3) is 0 Å².